The van der Waals surface area contributed by atoms with Gasteiger partial charge in [0, 0.05) is 32.3 Å². The van der Waals surface area contributed by atoms with Crippen LogP contribution in [0.25, 0.3) is 6.08 Å². The summed E-state index contributed by atoms with van der Waals surface area (Å²) in [6.45, 7) is 2.01. The number of furan rings is 1. The number of nitrogens with one attached hydrogen (secondary N) is 2. The van der Waals surface area contributed by atoms with Gasteiger partial charge in [-0.3, -0.25) is 14.4 Å². The number of amides is 3. The van der Waals surface area contributed by atoms with E-state index in [1.165, 1.54) is 6.08 Å². The number of hydrogen-bond donors (Lipinski definition) is 2. The van der Waals surface area contributed by atoms with Crippen LogP contribution in [0.1, 0.15) is 24.2 Å². The van der Waals surface area contributed by atoms with Gasteiger partial charge in [0.2, 0.25) is 5.91 Å². The molecule has 0 saturated carbocycles. The molecule has 2 N–H and O–H groups in total. The molecule has 0 atom stereocenters. The lowest BCUT2D eigenvalue weighted by atomic mass is 9.96. The van der Waals surface area contributed by atoms with Gasteiger partial charge in [0.1, 0.15) is 5.76 Å². The van der Waals surface area contributed by atoms with Gasteiger partial charge in [-0.25, -0.2) is 0 Å². The first-order chi connectivity index (χ1) is 14.1. The Kier molecular flexibility index (Phi) is 7.22. The largest absolute Gasteiger partial charge is 0.465 e. The maximum atomic E-state index is 12.2. The quantitative estimate of drug-likeness (QED) is 0.578. The fourth-order valence-electron chi connectivity index (χ4n) is 3.18. The number of benzene rings is 1. The molecule has 0 radical (unpaired) electrons. The lowest BCUT2D eigenvalue weighted by molar-refractivity contribution is -0.139. The molecular formula is C22H25N3O4. The molecule has 1 saturated heterocycles. The minimum absolute atomic E-state index is 0.0517. The van der Waals surface area contributed by atoms with E-state index in [0.717, 1.165) is 18.4 Å². The van der Waals surface area contributed by atoms with E-state index in [-0.39, 0.29) is 11.8 Å². The molecule has 1 aromatic heterocycles. The lowest BCUT2D eigenvalue weighted by Gasteiger charge is -2.31. The van der Waals surface area contributed by atoms with Crippen LogP contribution in [0.3, 0.4) is 0 Å². The zero-order chi connectivity index (χ0) is 20.5. The zero-order valence-corrected chi connectivity index (χ0v) is 16.2. The van der Waals surface area contributed by atoms with Gasteiger partial charge >= 0.3 is 11.8 Å². The second-order valence-electron chi connectivity index (χ2n) is 7.00. The fraction of sp³-hybridized carbons (Fsp3) is 0.318. The van der Waals surface area contributed by atoms with Crippen LogP contribution in [0.5, 0.6) is 0 Å². The van der Waals surface area contributed by atoms with Crippen LogP contribution in [0, 0.1) is 5.92 Å². The molecule has 3 rings (SSSR count). The SMILES string of the molecule is O=C(NCc1ccccc1)C(=O)NCC1CCN(C(=O)/C=C/c2ccco2)CC1. The van der Waals surface area contributed by atoms with Gasteiger partial charge in [0.25, 0.3) is 0 Å². The Morgan fingerprint density at radius 1 is 1.00 bits per heavy atom. The predicted molar refractivity (Wildman–Crippen MR) is 108 cm³/mol. The Hall–Kier alpha value is -3.35. The molecule has 0 bridgehead atoms. The molecule has 1 aliphatic heterocycles. The van der Waals surface area contributed by atoms with E-state index >= 15 is 0 Å². The Bertz CT molecular complexity index is 838. The summed E-state index contributed by atoms with van der Waals surface area (Å²) >= 11 is 0. The normalized spacial score (nSPS) is 14.7. The molecule has 2 heterocycles. The van der Waals surface area contributed by atoms with Gasteiger partial charge in [0.05, 0.1) is 6.26 Å². The van der Waals surface area contributed by atoms with Crippen LogP contribution < -0.4 is 10.6 Å². The van der Waals surface area contributed by atoms with E-state index in [1.807, 2.05) is 30.3 Å². The van der Waals surface area contributed by atoms with Gasteiger partial charge in [-0.2, -0.15) is 0 Å². The first kappa shape index (κ1) is 20.4. The van der Waals surface area contributed by atoms with E-state index in [4.69, 9.17) is 4.42 Å². The summed E-state index contributed by atoms with van der Waals surface area (Å²) < 4.78 is 5.17. The first-order valence-electron chi connectivity index (χ1n) is 9.72. The highest BCUT2D eigenvalue weighted by Crippen LogP contribution is 2.17. The van der Waals surface area contributed by atoms with Crippen molar-refractivity contribution in [3.63, 3.8) is 0 Å². The number of carbonyl (C=O) groups is 3. The van der Waals surface area contributed by atoms with Gasteiger partial charge in [-0.1, -0.05) is 30.3 Å². The summed E-state index contributed by atoms with van der Waals surface area (Å²) in [7, 11) is 0. The summed E-state index contributed by atoms with van der Waals surface area (Å²) in [4.78, 5) is 37.9. The fourth-order valence-corrected chi connectivity index (χ4v) is 3.18. The molecule has 152 valence electrons. The monoisotopic (exact) mass is 395 g/mol. The molecule has 29 heavy (non-hydrogen) atoms. The molecule has 0 aliphatic carbocycles. The molecule has 0 spiro atoms. The third-order valence-corrected chi connectivity index (χ3v) is 4.91. The van der Waals surface area contributed by atoms with Gasteiger partial charge < -0.3 is 20.0 Å². The van der Waals surface area contributed by atoms with Crippen molar-refractivity contribution in [3.05, 3.63) is 66.1 Å². The van der Waals surface area contributed by atoms with E-state index in [1.54, 1.807) is 29.4 Å². The number of piperidine rings is 1. The highest BCUT2D eigenvalue weighted by atomic mass is 16.3. The molecule has 1 fully saturated rings. The minimum Gasteiger partial charge on any atom is -0.465 e. The molecule has 2 aromatic rings. The predicted octanol–water partition coefficient (Wildman–Crippen LogP) is 1.96. The Balaban J connectivity index is 1.34. The Labute approximate surface area is 169 Å². The van der Waals surface area contributed by atoms with Crippen molar-refractivity contribution in [2.45, 2.75) is 19.4 Å². The lowest BCUT2D eigenvalue weighted by Crippen LogP contribution is -2.44. The van der Waals surface area contributed by atoms with Crippen molar-refractivity contribution >= 4 is 23.8 Å². The zero-order valence-electron chi connectivity index (χ0n) is 16.2. The number of hydrogen-bond acceptors (Lipinski definition) is 4. The van der Waals surface area contributed by atoms with Crippen LogP contribution >= 0.6 is 0 Å². The summed E-state index contributed by atoms with van der Waals surface area (Å²) in [6.07, 6.45) is 6.30. The van der Waals surface area contributed by atoms with Crippen molar-refractivity contribution in [2.24, 2.45) is 5.92 Å². The number of nitrogens with zero attached hydrogens (tertiary/aromatic N) is 1. The maximum Gasteiger partial charge on any atom is 0.309 e. The van der Waals surface area contributed by atoms with Crippen LogP contribution in [0.15, 0.2) is 59.2 Å². The molecule has 3 amide bonds. The molecule has 1 aliphatic rings. The van der Waals surface area contributed by atoms with Crippen LogP contribution in [0.2, 0.25) is 0 Å². The van der Waals surface area contributed by atoms with Crippen molar-refractivity contribution in [3.8, 4) is 0 Å². The van der Waals surface area contributed by atoms with Crippen LogP contribution in [0.4, 0.5) is 0 Å². The summed E-state index contributed by atoms with van der Waals surface area (Å²) in [5, 5.41) is 5.31. The maximum absolute atomic E-state index is 12.2. The highest BCUT2D eigenvalue weighted by Gasteiger charge is 2.23. The average molecular weight is 395 g/mol. The minimum atomic E-state index is -0.635. The number of carbonyl (C=O) groups excluding carboxylic acids is 3. The summed E-state index contributed by atoms with van der Waals surface area (Å²) in [5.41, 5.74) is 0.937. The van der Waals surface area contributed by atoms with E-state index < -0.39 is 11.8 Å². The second-order valence-corrected chi connectivity index (χ2v) is 7.00. The average Bonchev–Trinajstić information content (AvgIpc) is 3.29. The summed E-state index contributed by atoms with van der Waals surface area (Å²) in [6, 6.07) is 13.0. The number of likely N-dealkylation sites (tertiary alicyclic amines) is 1. The van der Waals surface area contributed by atoms with E-state index in [2.05, 4.69) is 10.6 Å². The highest BCUT2D eigenvalue weighted by molar-refractivity contribution is 6.35. The van der Waals surface area contributed by atoms with Crippen molar-refractivity contribution < 1.29 is 18.8 Å². The van der Waals surface area contributed by atoms with Crippen molar-refractivity contribution in [1.82, 2.24) is 15.5 Å². The molecule has 0 unspecified atom stereocenters. The summed E-state index contributed by atoms with van der Waals surface area (Å²) in [5.74, 6) is -0.421. The van der Waals surface area contributed by atoms with Crippen molar-refractivity contribution in [1.29, 1.82) is 0 Å². The number of rotatable bonds is 6. The van der Waals surface area contributed by atoms with Crippen molar-refractivity contribution in [2.75, 3.05) is 19.6 Å². The van der Waals surface area contributed by atoms with E-state index in [9.17, 15) is 14.4 Å². The Morgan fingerprint density at radius 3 is 2.41 bits per heavy atom. The van der Waals surface area contributed by atoms with Crippen LogP contribution in [-0.4, -0.2) is 42.3 Å². The third-order valence-electron chi connectivity index (χ3n) is 4.91. The second kappa shape index (κ2) is 10.3. The molecule has 1 aromatic carbocycles. The van der Waals surface area contributed by atoms with E-state index in [0.29, 0.717) is 31.9 Å². The van der Waals surface area contributed by atoms with Gasteiger partial charge in [-0.05, 0) is 42.5 Å². The topological polar surface area (TPSA) is 91.7 Å². The first-order valence-corrected chi connectivity index (χ1v) is 9.72. The van der Waals surface area contributed by atoms with Crippen LogP contribution in [-0.2, 0) is 20.9 Å². The van der Waals surface area contributed by atoms with Gasteiger partial charge in [-0.15, -0.1) is 0 Å². The molecule has 7 heteroatoms. The molecule has 7 nitrogen and oxygen atoms in total. The Morgan fingerprint density at radius 2 is 1.72 bits per heavy atom. The molecular weight excluding hydrogens is 370 g/mol. The standard InChI is InChI=1S/C22H25N3O4/c26-20(9-8-19-7-4-14-29-19)25-12-10-18(11-13-25)16-24-22(28)21(27)23-15-17-5-2-1-3-6-17/h1-9,14,18H,10-13,15-16H2,(H,23,27)(H,24,28)/b9-8+. The third kappa shape index (κ3) is 6.34. The smallest absolute Gasteiger partial charge is 0.309 e. The van der Waals surface area contributed by atoms with Gasteiger partial charge in [0.15, 0.2) is 0 Å².